The second-order valence-corrected chi connectivity index (χ2v) is 6.98. The fourth-order valence-electron chi connectivity index (χ4n) is 3.31. The van der Waals surface area contributed by atoms with E-state index < -0.39 is 6.10 Å². The number of aromatic nitrogens is 2. The molecule has 1 N–H and O–H groups in total. The van der Waals surface area contributed by atoms with E-state index in [0.717, 1.165) is 25.2 Å². The molecule has 0 amide bonds. The summed E-state index contributed by atoms with van der Waals surface area (Å²) < 4.78 is 1.85. The van der Waals surface area contributed by atoms with Gasteiger partial charge in [-0.3, -0.25) is 9.58 Å². The van der Waals surface area contributed by atoms with Gasteiger partial charge in [0.2, 0.25) is 0 Å². The third kappa shape index (κ3) is 3.13. The largest absolute Gasteiger partial charge is 0.385 e. The van der Waals surface area contributed by atoms with Crippen LogP contribution in [0.5, 0.6) is 0 Å². The molecule has 0 saturated carbocycles. The number of piperidine rings is 1. The van der Waals surface area contributed by atoms with Crippen molar-refractivity contribution < 1.29 is 5.11 Å². The molecule has 5 heteroatoms. The van der Waals surface area contributed by atoms with Gasteiger partial charge >= 0.3 is 0 Å². The summed E-state index contributed by atoms with van der Waals surface area (Å²) in [6.07, 6.45) is 5.61. The molecule has 1 aliphatic rings. The maximum Gasteiger partial charge on any atom is 0.115 e. The van der Waals surface area contributed by atoms with E-state index in [4.69, 9.17) is 11.6 Å². The minimum atomic E-state index is -0.627. The Hall–Kier alpha value is -0.580. The van der Waals surface area contributed by atoms with Crippen molar-refractivity contribution in [1.29, 1.82) is 0 Å². The van der Waals surface area contributed by atoms with Crippen LogP contribution in [0.4, 0.5) is 0 Å². The predicted molar refractivity (Wildman–Crippen MR) is 86.7 cm³/mol. The number of halogens is 1. The van der Waals surface area contributed by atoms with Gasteiger partial charge in [-0.1, -0.05) is 24.9 Å². The lowest BCUT2D eigenvalue weighted by Crippen LogP contribution is -2.52. The Labute approximate surface area is 133 Å². The first-order chi connectivity index (χ1) is 9.91. The van der Waals surface area contributed by atoms with E-state index in [1.54, 1.807) is 6.20 Å². The van der Waals surface area contributed by atoms with Gasteiger partial charge in [0.1, 0.15) is 6.10 Å². The highest BCUT2D eigenvalue weighted by Crippen LogP contribution is 2.39. The zero-order valence-corrected chi connectivity index (χ0v) is 14.4. The highest BCUT2D eigenvalue weighted by atomic mass is 35.5. The molecule has 2 heterocycles. The fraction of sp³-hybridized carbons (Fsp3) is 0.812. The maximum atomic E-state index is 11.1. The summed E-state index contributed by atoms with van der Waals surface area (Å²) in [7, 11) is 0. The van der Waals surface area contributed by atoms with Crippen LogP contribution in [0.25, 0.3) is 0 Å². The second kappa shape index (κ2) is 6.67. The van der Waals surface area contributed by atoms with Crippen molar-refractivity contribution in [2.45, 2.75) is 71.1 Å². The number of hydrogen-bond donors (Lipinski definition) is 1. The van der Waals surface area contributed by atoms with Crippen molar-refractivity contribution in [3.63, 3.8) is 0 Å². The zero-order valence-electron chi connectivity index (χ0n) is 13.6. The number of aliphatic hydroxyl groups is 1. The van der Waals surface area contributed by atoms with Crippen LogP contribution in [0.2, 0.25) is 5.02 Å². The molecule has 0 aromatic carbocycles. The molecule has 1 fully saturated rings. The van der Waals surface area contributed by atoms with E-state index in [9.17, 15) is 5.11 Å². The molecule has 0 spiro atoms. The summed E-state index contributed by atoms with van der Waals surface area (Å²) in [4.78, 5) is 2.43. The molecule has 1 saturated heterocycles. The molecule has 0 aliphatic carbocycles. The molecule has 2 unspecified atom stereocenters. The molecule has 120 valence electrons. The molecule has 0 radical (unpaired) electrons. The lowest BCUT2D eigenvalue weighted by atomic mass is 9.85. The van der Waals surface area contributed by atoms with Crippen LogP contribution < -0.4 is 0 Å². The van der Waals surface area contributed by atoms with Crippen LogP contribution in [0, 0.1) is 0 Å². The SMILES string of the molecule is CCC(C)(C(O)c1c(Cl)cnn1C(C)C)N1CCCCC1. The average molecular weight is 314 g/mol. The van der Waals surface area contributed by atoms with Crippen molar-refractivity contribution in [2.24, 2.45) is 0 Å². The van der Waals surface area contributed by atoms with E-state index in [1.165, 1.54) is 19.3 Å². The number of rotatable bonds is 5. The van der Waals surface area contributed by atoms with Gasteiger partial charge in [0.15, 0.2) is 0 Å². The monoisotopic (exact) mass is 313 g/mol. The fourth-order valence-corrected chi connectivity index (χ4v) is 3.54. The summed E-state index contributed by atoms with van der Waals surface area (Å²) in [5, 5.41) is 16.0. The van der Waals surface area contributed by atoms with Gasteiger partial charge in [0, 0.05) is 11.6 Å². The molecule has 0 bridgehead atoms. The molecule has 21 heavy (non-hydrogen) atoms. The quantitative estimate of drug-likeness (QED) is 0.899. The molecule has 4 nitrogen and oxygen atoms in total. The molecule has 2 rings (SSSR count). The van der Waals surface area contributed by atoms with Crippen molar-refractivity contribution >= 4 is 11.6 Å². The lowest BCUT2D eigenvalue weighted by Gasteiger charge is -2.46. The van der Waals surface area contributed by atoms with E-state index in [1.807, 2.05) is 4.68 Å². The van der Waals surface area contributed by atoms with Crippen LogP contribution in [0.15, 0.2) is 6.20 Å². The van der Waals surface area contributed by atoms with Gasteiger partial charge in [-0.05, 0) is 53.1 Å². The molecule has 1 aromatic heterocycles. The van der Waals surface area contributed by atoms with Gasteiger partial charge in [-0.25, -0.2) is 0 Å². The Kier molecular flexibility index (Phi) is 5.33. The number of aliphatic hydroxyl groups excluding tert-OH is 1. The highest BCUT2D eigenvalue weighted by Gasteiger charge is 2.41. The maximum absolute atomic E-state index is 11.1. The first-order valence-electron chi connectivity index (χ1n) is 8.07. The van der Waals surface area contributed by atoms with Crippen LogP contribution in [-0.4, -0.2) is 38.4 Å². The van der Waals surface area contributed by atoms with Crippen molar-refractivity contribution in [1.82, 2.24) is 14.7 Å². The minimum absolute atomic E-state index is 0.185. The van der Waals surface area contributed by atoms with Crippen LogP contribution >= 0.6 is 11.6 Å². The standard InChI is InChI=1S/C16H28ClN3O/c1-5-16(4,19-9-7-6-8-10-19)15(21)14-13(17)11-18-20(14)12(2)3/h11-12,15,21H,5-10H2,1-4H3. The Bertz CT molecular complexity index is 468. The first-order valence-corrected chi connectivity index (χ1v) is 8.45. The van der Waals surface area contributed by atoms with E-state index in [-0.39, 0.29) is 11.6 Å². The summed E-state index contributed by atoms with van der Waals surface area (Å²) >= 11 is 6.32. The van der Waals surface area contributed by atoms with Crippen molar-refractivity contribution in [3.05, 3.63) is 16.9 Å². The minimum Gasteiger partial charge on any atom is -0.385 e. The smallest absolute Gasteiger partial charge is 0.115 e. The molecule has 1 aliphatic heterocycles. The van der Waals surface area contributed by atoms with Gasteiger partial charge in [0.05, 0.1) is 16.9 Å². The first kappa shape index (κ1) is 16.8. The van der Waals surface area contributed by atoms with Gasteiger partial charge < -0.3 is 5.11 Å². The van der Waals surface area contributed by atoms with E-state index >= 15 is 0 Å². The van der Waals surface area contributed by atoms with Gasteiger partial charge in [-0.15, -0.1) is 0 Å². The summed E-state index contributed by atoms with van der Waals surface area (Å²) in [5.74, 6) is 0. The highest BCUT2D eigenvalue weighted by molar-refractivity contribution is 6.31. The number of hydrogen-bond acceptors (Lipinski definition) is 3. The Morgan fingerprint density at radius 1 is 1.33 bits per heavy atom. The second-order valence-electron chi connectivity index (χ2n) is 6.58. The third-order valence-electron chi connectivity index (χ3n) is 4.92. The Morgan fingerprint density at radius 3 is 2.48 bits per heavy atom. The number of nitrogens with zero attached hydrogens (tertiary/aromatic N) is 3. The van der Waals surface area contributed by atoms with Crippen molar-refractivity contribution in [3.8, 4) is 0 Å². The van der Waals surface area contributed by atoms with E-state index in [2.05, 4.69) is 37.7 Å². The van der Waals surface area contributed by atoms with Gasteiger partial charge in [-0.2, -0.15) is 5.10 Å². The molecular weight excluding hydrogens is 286 g/mol. The normalized spacial score (nSPS) is 21.5. The molecule has 1 aromatic rings. The predicted octanol–water partition coefficient (Wildman–Crippen LogP) is 3.81. The van der Waals surface area contributed by atoms with E-state index in [0.29, 0.717) is 5.02 Å². The Balaban J connectivity index is 2.35. The van der Waals surface area contributed by atoms with Crippen LogP contribution in [0.3, 0.4) is 0 Å². The molecule has 2 atom stereocenters. The van der Waals surface area contributed by atoms with Crippen LogP contribution in [0.1, 0.15) is 71.2 Å². The lowest BCUT2D eigenvalue weighted by molar-refractivity contribution is -0.0395. The summed E-state index contributed by atoms with van der Waals surface area (Å²) in [6, 6.07) is 0.185. The zero-order chi connectivity index (χ0) is 15.6. The van der Waals surface area contributed by atoms with Crippen LogP contribution in [-0.2, 0) is 0 Å². The third-order valence-corrected chi connectivity index (χ3v) is 5.21. The van der Waals surface area contributed by atoms with Gasteiger partial charge in [0.25, 0.3) is 0 Å². The topological polar surface area (TPSA) is 41.3 Å². The molecular formula is C16H28ClN3O. The van der Waals surface area contributed by atoms with Crippen molar-refractivity contribution in [2.75, 3.05) is 13.1 Å². The summed E-state index contributed by atoms with van der Waals surface area (Å²) in [5.41, 5.74) is 0.457. The average Bonchev–Trinajstić information content (AvgIpc) is 2.88. The number of likely N-dealkylation sites (tertiary alicyclic amines) is 1. The summed E-state index contributed by atoms with van der Waals surface area (Å²) in [6.45, 7) is 10.5. The Morgan fingerprint density at radius 2 is 1.95 bits per heavy atom.